The van der Waals surface area contributed by atoms with E-state index in [1.807, 2.05) is 0 Å². The molecule has 2 aliphatic carbocycles. The smallest absolute Gasteiger partial charge is 0.354 e. The van der Waals surface area contributed by atoms with Gasteiger partial charge in [-0.1, -0.05) is 0 Å². The summed E-state index contributed by atoms with van der Waals surface area (Å²) in [7, 11) is 0. The van der Waals surface area contributed by atoms with Gasteiger partial charge >= 0.3 is 5.97 Å². The van der Waals surface area contributed by atoms with Crippen LogP contribution in [0.25, 0.3) is 0 Å². The number of carboxylic acid groups (broad SMARTS) is 1. The molecule has 0 spiro atoms. The van der Waals surface area contributed by atoms with Gasteiger partial charge in [0.15, 0.2) is 5.69 Å². The highest BCUT2D eigenvalue weighted by molar-refractivity contribution is 5.88. The molecule has 0 bridgehead atoms. The number of aromatic nitrogens is 1. The summed E-state index contributed by atoms with van der Waals surface area (Å²) in [6.45, 7) is 0.711. The largest absolute Gasteiger partial charge is 0.493 e. The van der Waals surface area contributed by atoms with Gasteiger partial charge in [0.2, 0.25) is 0 Å². The van der Waals surface area contributed by atoms with Crippen LogP contribution in [0.5, 0.6) is 5.75 Å². The molecule has 90 valence electrons. The lowest BCUT2D eigenvalue weighted by Gasteiger charge is -2.12. The van der Waals surface area contributed by atoms with Gasteiger partial charge in [0.05, 0.1) is 6.61 Å². The van der Waals surface area contributed by atoms with E-state index in [0.717, 1.165) is 24.2 Å². The molecule has 0 atom stereocenters. The molecular formula is C13H15NO3. The molecule has 1 aromatic rings. The predicted molar refractivity (Wildman–Crippen MR) is 61.4 cm³/mol. The Morgan fingerprint density at radius 2 is 2.18 bits per heavy atom. The Bertz CT molecular complexity index is 450. The van der Waals surface area contributed by atoms with Crippen LogP contribution in [-0.4, -0.2) is 22.7 Å². The van der Waals surface area contributed by atoms with Gasteiger partial charge in [-0.05, 0) is 43.6 Å². The van der Waals surface area contributed by atoms with Crippen LogP contribution in [-0.2, 0) is 0 Å². The molecule has 3 rings (SSSR count). The Morgan fingerprint density at radius 1 is 1.41 bits per heavy atom. The molecule has 4 heteroatoms. The van der Waals surface area contributed by atoms with Crippen molar-refractivity contribution in [1.82, 2.24) is 4.98 Å². The van der Waals surface area contributed by atoms with Crippen molar-refractivity contribution in [3.63, 3.8) is 0 Å². The minimum Gasteiger partial charge on any atom is -0.493 e. The van der Waals surface area contributed by atoms with Crippen LogP contribution in [0.3, 0.4) is 0 Å². The summed E-state index contributed by atoms with van der Waals surface area (Å²) in [5, 5.41) is 9.14. The van der Waals surface area contributed by atoms with Crippen LogP contribution < -0.4 is 4.74 Å². The number of hydrogen-bond donors (Lipinski definition) is 1. The van der Waals surface area contributed by atoms with Crippen LogP contribution >= 0.6 is 0 Å². The van der Waals surface area contributed by atoms with Crippen LogP contribution in [0.15, 0.2) is 12.3 Å². The highest BCUT2D eigenvalue weighted by atomic mass is 16.5. The zero-order valence-corrected chi connectivity index (χ0v) is 9.56. The van der Waals surface area contributed by atoms with Gasteiger partial charge in [-0.25, -0.2) is 9.78 Å². The van der Waals surface area contributed by atoms with E-state index in [0.29, 0.717) is 18.4 Å². The van der Waals surface area contributed by atoms with Crippen LogP contribution in [0.1, 0.15) is 47.7 Å². The Balaban J connectivity index is 1.88. The number of carbonyl (C=O) groups is 1. The van der Waals surface area contributed by atoms with Gasteiger partial charge in [0.1, 0.15) is 5.75 Å². The average molecular weight is 233 g/mol. The summed E-state index contributed by atoms with van der Waals surface area (Å²) >= 11 is 0. The van der Waals surface area contributed by atoms with Gasteiger partial charge in [0, 0.05) is 11.8 Å². The minimum absolute atomic E-state index is 0.167. The van der Waals surface area contributed by atoms with E-state index < -0.39 is 5.97 Å². The summed E-state index contributed by atoms with van der Waals surface area (Å²) in [4.78, 5) is 15.1. The van der Waals surface area contributed by atoms with Crippen molar-refractivity contribution in [3.8, 4) is 5.75 Å². The summed E-state index contributed by atoms with van der Waals surface area (Å²) in [6, 6.07) is 1.79. The zero-order chi connectivity index (χ0) is 11.8. The molecule has 1 heterocycles. The lowest BCUT2D eigenvalue weighted by molar-refractivity contribution is 0.0688. The maximum absolute atomic E-state index is 11.1. The third-order valence-electron chi connectivity index (χ3n) is 3.31. The third-order valence-corrected chi connectivity index (χ3v) is 3.31. The standard InChI is InChI=1S/C13H15NO3/c15-13(16)12-11(9-3-4-9)10(5-6-14-12)17-7-8-1-2-8/h5-6,8-9H,1-4,7H2,(H,15,16). The van der Waals surface area contributed by atoms with Gasteiger partial charge in [-0.3, -0.25) is 0 Å². The first-order chi connectivity index (χ1) is 8.25. The molecule has 2 fully saturated rings. The third kappa shape index (κ3) is 2.25. The first kappa shape index (κ1) is 10.6. The molecule has 2 aliphatic rings. The zero-order valence-electron chi connectivity index (χ0n) is 9.56. The second-order valence-corrected chi connectivity index (χ2v) is 4.91. The fourth-order valence-electron chi connectivity index (χ4n) is 2.01. The number of ether oxygens (including phenoxy) is 1. The van der Waals surface area contributed by atoms with E-state index in [-0.39, 0.29) is 5.69 Å². The number of hydrogen-bond acceptors (Lipinski definition) is 3. The Kier molecular flexibility index (Phi) is 2.50. The Labute approximate surface area is 99.6 Å². The first-order valence-corrected chi connectivity index (χ1v) is 6.10. The van der Waals surface area contributed by atoms with Crippen molar-refractivity contribution in [2.24, 2.45) is 5.92 Å². The number of carboxylic acids is 1. The second-order valence-electron chi connectivity index (χ2n) is 4.91. The molecule has 0 saturated heterocycles. The van der Waals surface area contributed by atoms with Crippen molar-refractivity contribution in [2.45, 2.75) is 31.6 Å². The van der Waals surface area contributed by atoms with E-state index >= 15 is 0 Å². The molecule has 0 amide bonds. The normalized spacial score (nSPS) is 19.1. The van der Waals surface area contributed by atoms with Gasteiger partial charge < -0.3 is 9.84 Å². The van der Waals surface area contributed by atoms with Crippen LogP contribution in [0.4, 0.5) is 0 Å². The van der Waals surface area contributed by atoms with Crippen molar-refractivity contribution >= 4 is 5.97 Å². The minimum atomic E-state index is -0.955. The molecule has 1 aromatic heterocycles. The molecule has 0 unspecified atom stereocenters. The molecule has 1 N–H and O–H groups in total. The Morgan fingerprint density at radius 3 is 2.76 bits per heavy atom. The first-order valence-electron chi connectivity index (χ1n) is 6.10. The quantitative estimate of drug-likeness (QED) is 0.848. The number of aromatic carboxylic acids is 1. The van der Waals surface area contributed by atoms with E-state index in [9.17, 15) is 4.79 Å². The lowest BCUT2D eigenvalue weighted by Crippen LogP contribution is -2.09. The molecule has 0 aliphatic heterocycles. The molecular weight excluding hydrogens is 218 g/mol. The van der Waals surface area contributed by atoms with E-state index in [1.165, 1.54) is 19.0 Å². The van der Waals surface area contributed by atoms with Crippen molar-refractivity contribution in [3.05, 3.63) is 23.5 Å². The summed E-state index contributed by atoms with van der Waals surface area (Å²) in [5.41, 5.74) is 0.974. The van der Waals surface area contributed by atoms with Crippen LogP contribution in [0.2, 0.25) is 0 Å². The molecule has 2 saturated carbocycles. The molecule has 17 heavy (non-hydrogen) atoms. The summed E-state index contributed by atoms with van der Waals surface area (Å²) in [6.07, 6.45) is 6.08. The van der Waals surface area contributed by atoms with Gasteiger partial charge in [0.25, 0.3) is 0 Å². The maximum atomic E-state index is 11.1. The second kappa shape index (κ2) is 4.02. The molecule has 4 nitrogen and oxygen atoms in total. The van der Waals surface area contributed by atoms with Crippen molar-refractivity contribution in [2.75, 3.05) is 6.61 Å². The summed E-state index contributed by atoms with van der Waals surface area (Å²) in [5.74, 6) is 0.781. The number of nitrogens with zero attached hydrogens (tertiary/aromatic N) is 1. The van der Waals surface area contributed by atoms with Crippen LogP contribution in [0, 0.1) is 5.92 Å². The monoisotopic (exact) mass is 233 g/mol. The summed E-state index contributed by atoms with van der Waals surface area (Å²) < 4.78 is 5.75. The van der Waals surface area contributed by atoms with Crippen molar-refractivity contribution < 1.29 is 14.6 Å². The van der Waals surface area contributed by atoms with Crippen molar-refractivity contribution in [1.29, 1.82) is 0 Å². The average Bonchev–Trinajstić information content (AvgIpc) is 3.16. The van der Waals surface area contributed by atoms with E-state index in [2.05, 4.69) is 4.98 Å². The molecule has 0 radical (unpaired) electrons. The fraction of sp³-hybridized carbons (Fsp3) is 0.538. The van der Waals surface area contributed by atoms with Gasteiger partial charge in [-0.15, -0.1) is 0 Å². The lowest BCUT2D eigenvalue weighted by atomic mass is 10.1. The van der Waals surface area contributed by atoms with E-state index in [4.69, 9.17) is 9.84 Å². The van der Waals surface area contributed by atoms with Gasteiger partial charge in [-0.2, -0.15) is 0 Å². The fourth-order valence-corrected chi connectivity index (χ4v) is 2.01. The SMILES string of the molecule is O=C(O)c1nccc(OCC2CC2)c1C1CC1. The number of rotatable bonds is 5. The Hall–Kier alpha value is -1.58. The maximum Gasteiger partial charge on any atom is 0.354 e. The predicted octanol–water partition coefficient (Wildman–Crippen LogP) is 2.45. The highest BCUT2D eigenvalue weighted by Crippen LogP contribution is 2.45. The molecule has 0 aromatic carbocycles. The topological polar surface area (TPSA) is 59.4 Å². The highest BCUT2D eigenvalue weighted by Gasteiger charge is 2.33. The number of pyridine rings is 1. The van der Waals surface area contributed by atoms with E-state index in [1.54, 1.807) is 6.07 Å².